The number of piperazine rings is 1. The molecule has 4 N–H and O–H groups in total. The Bertz CT molecular complexity index is 910. The number of carbonyl (C=O) groups is 2. The van der Waals surface area contributed by atoms with E-state index in [2.05, 4.69) is 37.0 Å². The zero-order valence-corrected chi connectivity index (χ0v) is 16.0. The predicted molar refractivity (Wildman–Crippen MR) is 108 cm³/mol. The third kappa shape index (κ3) is 4.87. The van der Waals surface area contributed by atoms with Gasteiger partial charge in [-0.2, -0.15) is 0 Å². The summed E-state index contributed by atoms with van der Waals surface area (Å²) < 4.78 is 0. The number of aromatic amines is 2. The average molecular weight is 386 g/mol. The molecule has 1 aromatic heterocycles. The van der Waals surface area contributed by atoms with Gasteiger partial charge in [0.15, 0.2) is 0 Å². The standard InChI is InChI=1S/C19H26N6O3/c1-3-6-20-17(26)12-24-7-9-25(10-8-24)13(2)18(27)21-14-4-5-15-16(11-14)23-19(28)22-15/h3-5,11,13H,1,6-10,12H2,2H3,(H,20,26)(H,21,27)(H2,22,23,28)/t13-/m1/s1. The highest BCUT2D eigenvalue weighted by atomic mass is 16.2. The van der Waals surface area contributed by atoms with E-state index in [0.717, 1.165) is 13.1 Å². The summed E-state index contributed by atoms with van der Waals surface area (Å²) >= 11 is 0. The summed E-state index contributed by atoms with van der Waals surface area (Å²) in [5, 5.41) is 5.68. The van der Waals surface area contributed by atoms with Crippen LogP contribution < -0.4 is 16.3 Å². The van der Waals surface area contributed by atoms with Gasteiger partial charge in [-0.25, -0.2) is 4.79 Å². The van der Waals surface area contributed by atoms with Crippen molar-refractivity contribution >= 4 is 28.5 Å². The number of hydrogen-bond acceptors (Lipinski definition) is 5. The summed E-state index contributed by atoms with van der Waals surface area (Å²) in [6.07, 6.45) is 1.65. The number of benzene rings is 1. The summed E-state index contributed by atoms with van der Waals surface area (Å²) in [6.45, 7) is 9.18. The van der Waals surface area contributed by atoms with Crippen LogP contribution in [0.15, 0.2) is 35.6 Å². The Morgan fingerprint density at radius 1 is 1.21 bits per heavy atom. The number of nitrogens with zero attached hydrogens (tertiary/aromatic N) is 2. The zero-order valence-electron chi connectivity index (χ0n) is 16.0. The molecule has 1 atom stereocenters. The number of carbonyl (C=O) groups excluding carboxylic acids is 2. The Hall–Kier alpha value is -2.91. The molecule has 9 nitrogen and oxygen atoms in total. The molecule has 28 heavy (non-hydrogen) atoms. The molecule has 0 saturated carbocycles. The third-order valence-electron chi connectivity index (χ3n) is 4.93. The largest absolute Gasteiger partial charge is 0.352 e. The van der Waals surface area contributed by atoms with Crippen molar-refractivity contribution in [1.29, 1.82) is 0 Å². The Balaban J connectivity index is 1.50. The second kappa shape index (κ2) is 8.85. The molecule has 0 spiro atoms. The first-order valence-electron chi connectivity index (χ1n) is 9.33. The van der Waals surface area contributed by atoms with E-state index in [-0.39, 0.29) is 23.5 Å². The van der Waals surface area contributed by atoms with Gasteiger partial charge in [-0.05, 0) is 25.1 Å². The van der Waals surface area contributed by atoms with E-state index >= 15 is 0 Å². The average Bonchev–Trinajstić information content (AvgIpc) is 3.05. The number of amides is 2. The van der Waals surface area contributed by atoms with Crippen LogP contribution in [-0.4, -0.2) is 76.9 Å². The van der Waals surface area contributed by atoms with Crippen LogP contribution in [0.5, 0.6) is 0 Å². The van der Waals surface area contributed by atoms with E-state index in [1.54, 1.807) is 24.3 Å². The highest BCUT2D eigenvalue weighted by Crippen LogP contribution is 2.16. The highest BCUT2D eigenvalue weighted by molar-refractivity contribution is 5.96. The maximum absolute atomic E-state index is 12.6. The number of rotatable bonds is 7. The fourth-order valence-electron chi connectivity index (χ4n) is 3.28. The van der Waals surface area contributed by atoms with Crippen molar-refractivity contribution in [3.8, 4) is 0 Å². The van der Waals surface area contributed by atoms with Crippen LogP contribution in [0, 0.1) is 0 Å². The molecule has 0 unspecified atom stereocenters. The molecule has 0 aliphatic carbocycles. The maximum Gasteiger partial charge on any atom is 0.323 e. The van der Waals surface area contributed by atoms with Gasteiger partial charge in [-0.3, -0.25) is 19.4 Å². The summed E-state index contributed by atoms with van der Waals surface area (Å²) in [6, 6.07) is 4.95. The third-order valence-corrected chi connectivity index (χ3v) is 4.93. The molecular formula is C19H26N6O3. The van der Waals surface area contributed by atoms with Crippen molar-refractivity contribution in [3.05, 3.63) is 41.3 Å². The Labute approximate surface area is 162 Å². The summed E-state index contributed by atoms with van der Waals surface area (Å²) in [4.78, 5) is 45.3. The number of H-pyrrole nitrogens is 2. The fraction of sp³-hybridized carbons (Fsp3) is 0.421. The van der Waals surface area contributed by atoms with Crippen molar-refractivity contribution in [2.45, 2.75) is 13.0 Å². The number of imidazole rings is 1. The Kier molecular flexibility index (Phi) is 6.27. The minimum absolute atomic E-state index is 0.0164. The van der Waals surface area contributed by atoms with Crippen LogP contribution in [0.3, 0.4) is 0 Å². The van der Waals surface area contributed by atoms with E-state index in [1.165, 1.54) is 0 Å². The topological polar surface area (TPSA) is 113 Å². The smallest absolute Gasteiger partial charge is 0.323 e. The molecule has 1 aliphatic rings. The highest BCUT2D eigenvalue weighted by Gasteiger charge is 2.26. The first-order valence-corrected chi connectivity index (χ1v) is 9.33. The first-order chi connectivity index (χ1) is 13.5. The normalized spacial score (nSPS) is 16.6. The molecular weight excluding hydrogens is 360 g/mol. The molecule has 1 aromatic carbocycles. The molecule has 0 radical (unpaired) electrons. The second-order valence-corrected chi connectivity index (χ2v) is 6.91. The lowest BCUT2D eigenvalue weighted by atomic mass is 10.2. The maximum atomic E-state index is 12.6. The monoisotopic (exact) mass is 386 g/mol. The number of nitrogens with one attached hydrogen (secondary N) is 4. The SMILES string of the molecule is C=CCNC(=O)CN1CCN([C@H](C)C(=O)Nc2ccc3[nH]c(=O)[nH]c3c2)CC1. The van der Waals surface area contributed by atoms with E-state index in [0.29, 0.717) is 42.9 Å². The Morgan fingerprint density at radius 3 is 2.64 bits per heavy atom. The second-order valence-electron chi connectivity index (χ2n) is 6.91. The minimum atomic E-state index is -0.294. The molecule has 150 valence electrons. The molecule has 9 heteroatoms. The minimum Gasteiger partial charge on any atom is -0.352 e. The van der Waals surface area contributed by atoms with E-state index in [9.17, 15) is 14.4 Å². The number of anilines is 1. The van der Waals surface area contributed by atoms with Crippen molar-refractivity contribution in [3.63, 3.8) is 0 Å². The van der Waals surface area contributed by atoms with Gasteiger partial charge in [0.05, 0.1) is 23.6 Å². The van der Waals surface area contributed by atoms with Crippen LogP contribution in [0.1, 0.15) is 6.92 Å². The van der Waals surface area contributed by atoms with Crippen molar-refractivity contribution in [2.24, 2.45) is 0 Å². The summed E-state index contributed by atoms with van der Waals surface area (Å²) in [5.41, 5.74) is 1.71. The van der Waals surface area contributed by atoms with Crippen molar-refractivity contribution in [1.82, 2.24) is 25.1 Å². The van der Waals surface area contributed by atoms with E-state index in [1.807, 2.05) is 6.92 Å². The van der Waals surface area contributed by atoms with Gasteiger partial charge in [0.2, 0.25) is 11.8 Å². The van der Waals surface area contributed by atoms with Gasteiger partial charge in [-0.1, -0.05) is 6.08 Å². The molecule has 2 amide bonds. The van der Waals surface area contributed by atoms with E-state index < -0.39 is 0 Å². The van der Waals surface area contributed by atoms with Gasteiger partial charge in [0.1, 0.15) is 0 Å². The molecule has 1 fully saturated rings. The van der Waals surface area contributed by atoms with Gasteiger partial charge in [0.25, 0.3) is 0 Å². The molecule has 0 bridgehead atoms. The number of aromatic nitrogens is 2. The lowest BCUT2D eigenvalue weighted by Crippen LogP contribution is -2.54. The molecule has 1 saturated heterocycles. The van der Waals surface area contributed by atoms with Crippen molar-refractivity contribution < 1.29 is 9.59 Å². The van der Waals surface area contributed by atoms with Gasteiger partial charge < -0.3 is 20.6 Å². The van der Waals surface area contributed by atoms with Crippen LogP contribution in [0.25, 0.3) is 11.0 Å². The van der Waals surface area contributed by atoms with Gasteiger partial charge >= 0.3 is 5.69 Å². The van der Waals surface area contributed by atoms with Gasteiger partial charge in [-0.15, -0.1) is 6.58 Å². The fourth-order valence-corrected chi connectivity index (χ4v) is 3.28. The lowest BCUT2D eigenvalue weighted by Gasteiger charge is -2.37. The number of fused-ring (bicyclic) bond motifs is 1. The first kappa shape index (κ1) is 19.8. The van der Waals surface area contributed by atoms with Gasteiger partial charge in [0, 0.05) is 38.4 Å². The zero-order chi connectivity index (χ0) is 20.1. The summed E-state index contributed by atoms with van der Waals surface area (Å²) in [5.74, 6) is -0.119. The van der Waals surface area contributed by atoms with Crippen LogP contribution >= 0.6 is 0 Å². The summed E-state index contributed by atoms with van der Waals surface area (Å²) in [7, 11) is 0. The predicted octanol–water partition coefficient (Wildman–Crippen LogP) is 0.103. The Morgan fingerprint density at radius 2 is 1.93 bits per heavy atom. The molecule has 1 aliphatic heterocycles. The van der Waals surface area contributed by atoms with E-state index in [4.69, 9.17) is 0 Å². The quantitative estimate of drug-likeness (QED) is 0.504. The molecule has 2 aromatic rings. The van der Waals surface area contributed by atoms with Crippen LogP contribution in [0.2, 0.25) is 0 Å². The van der Waals surface area contributed by atoms with Crippen molar-refractivity contribution in [2.75, 3.05) is 44.6 Å². The number of hydrogen-bond donors (Lipinski definition) is 4. The van der Waals surface area contributed by atoms with Crippen LogP contribution in [0.4, 0.5) is 5.69 Å². The van der Waals surface area contributed by atoms with Crippen LogP contribution in [-0.2, 0) is 9.59 Å². The lowest BCUT2D eigenvalue weighted by molar-refractivity contribution is -0.124. The molecule has 3 rings (SSSR count). The molecule has 2 heterocycles.